The maximum atomic E-state index is 12.8. The van der Waals surface area contributed by atoms with Gasteiger partial charge in [0.25, 0.3) is 5.91 Å². The van der Waals surface area contributed by atoms with Crippen molar-refractivity contribution in [1.29, 1.82) is 0 Å². The fraction of sp³-hybridized carbons (Fsp3) is 0.370. The monoisotopic (exact) mass is 478 g/mol. The lowest BCUT2D eigenvalue weighted by Crippen LogP contribution is -2.49. The normalized spacial score (nSPS) is 20.9. The topological polar surface area (TPSA) is 86.7 Å². The molecule has 0 N–H and O–H groups in total. The summed E-state index contributed by atoms with van der Waals surface area (Å²) in [4.78, 5) is 31.5. The third-order valence-electron chi connectivity index (χ3n) is 6.28. The van der Waals surface area contributed by atoms with Crippen LogP contribution in [0.1, 0.15) is 44.2 Å². The van der Waals surface area contributed by atoms with E-state index in [1.165, 1.54) is 7.11 Å². The summed E-state index contributed by atoms with van der Waals surface area (Å²) in [6, 6.07) is 12.8. The summed E-state index contributed by atoms with van der Waals surface area (Å²) in [6.45, 7) is 4.09. The second-order valence-electron chi connectivity index (χ2n) is 8.67. The average molecular weight is 479 g/mol. The number of rotatable bonds is 7. The number of methoxy groups -OCH3 is 2. The van der Waals surface area contributed by atoms with Gasteiger partial charge in [-0.25, -0.2) is 9.79 Å². The highest BCUT2D eigenvalue weighted by Crippen LogP contribution is 2.31. The van der Waals surface area contributed by atoms with E-state index in [-0.39, 0.29) is 36.2 Å². The minimum absolute atomic E-state index is 0.0372. The Kier molecular flexibility index (Phi) is 7.39. The van der Waals surface area contributed by atoms with E-state index >= 15 is 0 Å². The van der Waals surface area contributed by atoms with Gasteiger partial charge in [0.05, 0.1) is 19.8 Å². The second-order valence-corrected chi connectivity index (χ2v) is 8.67. The van der Waals surface area contributed by atoms with Crippen molar-refractivity contribution < 1.29 is 28.5 Å². The van der Waals surface area contributed by atoms with E-state index < -0.39 is 5.97 Å². The van der Waals surface area contributed by atoms with Crippen LogP contribution in [0.3, 0.4) is 0 Å². The van der Waals surface area contributed by atoms with Gasteiger partial charge in [-0.3, -0.25) is 4.79 Å². The fourth-order valence-electron chi connectivity index (χ4n) is 4.52. The van der Waals surface area contributed by atoms with Gasteiger partial charge in [-0.1, -0.05) is 18.2 Å². The zero-order chi connectivity index (χ0) is 24.9. The number of likely N-dealkylation sites (tertiary alicyclic amines) is 1. The van der Waals surface area contributed by atoms with Crippen LogP contribution >= 0.6 is 0 Å². The number of esters is 1. The van der Waals surface area contributed by atoms with E-state index in [0.29, 0.717) is 28.4 Å². The number of hydrogen-bond donors (Lipinski definition) is 0. The fourth-order valence-corrected chi connectivity index (χ4v) is 4.52. The van der Waals surface area contributed by atoms with Crippen LogP contribution in [-0.4, -0.2) is 55.6 Å². The molecule has 4 rings (SSSR count). The minimum Gasteiger partial charge on any atom is -0.496 e. The van der Waals surface area contributed by atoms with Gasteiger partial charge in [-0.2, -0.15) is 0 Å². The van der Waals surface area contributed by atoms with Gasteiger partial charge in [0.15, 0.2) is 23.8 Å². The van der Waals surface area contributed by atoms with E-state index in [0.717, 1.165) is 19.3 Å². The zero-order valence-corrected chi connectivity index (χ0v) is 20.4. The van der Waals surface area contributed by atoms with Crippen LogP contribution in [0.25, 0.3) is 6.08 Å². The standard InChI is InChI=1S/C27H30N2O6/c1-17-8-7-9-18(2)29(17)25(30)16-34-23-13-12-19(15-24(23)33-4)14-21-27(31)35-26(28-21)20-10-5-6-11-22(20)32-3/h5-6,10-15,17-18H,7-9,16H2,1-4H3. The summed E-state index contributed by atoms with van der Waals surface area (Å²) in [5.41, 5.74) is 1.43. The molecule has 0 radical (unpaired) electrons. The molecule has 8 heteroatoms. The van der Waals surface area contributed by atoms with Gasteiger partial charge in [0.1, 0.15) is 5.75 Å². The van der Waals surface area contributed by atoms with E-state index in [2.05, 4.69) is 18.8 Å². The summed E-state index contributed by atoms with van der Waals surface area (Å²) in [7, 11) is 3.07. The number of nitrogens with zero attached hydrogens (tertiary/aromatic N) is 2. The Bertz CT molecular complexity index is 1160. The molecule has 8 nitrogen and oxygen atoms in total. The first-order valence-electron chi connectivity index (χ1n) is 11.7. The Morgan fingerprint density at radius 2 is 1.77 bits per heavy atom. The Labute approximate surface area is 205 Å². The summed E-state index contributed by atoms with van der Waals surface area (Å²) in [5.74, 6) is 1.06. The van der Waals surface area contributed by atoms with Crippen molar-refractivity contribution in [3.63, 3.8) is 0 Å². The zero-order valence-electron chi connectivity index (χ0n) is 20.4. The van der Waals surface area contributed by atoms with Crippen LogP contribution in [-0.2, 0) is 14.3 Å². The lowest BCUT2D eigenvalue weighted by atomic mass is 9.97. The molecule has 0 bridgehead atoms. The molecule has 2 aliphatic rings. The van der Waals surface area contributed by atoms with Gasteiger partial charge < -0.3 is 23.8 Å². The van der Waals surface area contributed by atoms with Crippen LogP contribution in [0.5, 0.6) is 17.2 Å². The Morgan fingerprint density at radius 3 is 2.49 bits per heavy atom. The van der Waals surface area contributed by atoms with E-state index in [4.69, 9.17) is 18.9 Å². The van der Waals surface area contributed by atoms with Gasteiger partial charge >= 0.3 is 5.97 Å². The quantitative estimate of drug-likeness (QED) is 0.438. The molecule has 2 aromatic carbocycles. The molecule has 0 aliphatic carbocycles. The molecule has 0 spiro atoms. The predicted molar refractivity (Wildman–Crippen MR) is 132 cm³/mol. The third-order valence-corrected chi connectivity index (χ3v) is 6.28. The highest BCUT2D eigenvalue weighted by molar-refractivity contribution is 6.13. The molecular formula is C27H30N2O6. The third kappa shape index (κ3) is 5.31. The first-order chi connectivity index (χ1) is 16.9. The van der Waals surface area contributed by atoms with Crippen LogP contribution in [0.4, 0.5) is 0 Å². The molecule has 2 unspecified atom stereocenters. The highest BCUT2D eigenvalue weighted by Gasteiger charge is 2.29. The summed E-state index contributed by atoms with van der Waals surface area (Å²) < 4.78 is 22.0. The molecule has 1 fully saturated rings. The lowest BCUT2D eigenvalue weighted by molar-refractivity contribution is -0.139. The first kappa shape index (κ1) is 24.3. The highest BCUT2D eigenvalue weighted by atomic mass is 16.6. The number of carbonyl (C=O) groups is 2. The van der Waals surface area contributed by atoms with Crippen molar-refractivity contribution >= 4 is 23.9 Å². The first-order valence-corrected chi connectivity index (χ1v) is 11.7. The van der Waals surface area contributed by atoms with Crippen LogP contribution < -0.4 is 14.2 Å². The number of piperidine rings is 1. The second kappa shape index (κ2) is 10.6. The van der Waals surface area contributed by atoms with Gasteiger partial charge in [-0.05, 0) is 69.0 Å². The predicted octanol–water partition coefficient (Wildman–Crippen LogP) is 4.22. The average Bonchev–Trinajstić information content (AvgIpc) is 3.22. The number of hydrogen-bond acceptors (Lipinski definition) is 7. The maximum Gasteiger partial charge on any atom is 0.363 e. The number of benzene rings is 2. The SMILES string of the molecule is COc1cc(C=C2N=C(c3ccccc3OC)OC2=O)ccc1OCC(=O)N1C(C)CCCC1C. The van der Waals surface area contributed by atoms with Crippen molar-refractivity contribution in [3.8, 4) is 17.2 Å². The van der Waals surface area contributed by atoms with Crippen molar-refractivity contribution in [2.75, 3.05) is 20.8 Å². The van der Waals surface area contributed by atoms with Crippen LogP contribution in [0, 0.1) is 0 Å². The van der Waals surface area contributed by atoms with E-state index in [1.807, 2.05) is 17.0 Å². The Balaban J connectivity index is 1.49. The Hall–Kier alpha value is -3.81. The van der Waals surface area contributed by atoms with Gasteiger partial charge in [-0.15, -0.1) is 0 Å². The van der Waals surface area contributed by atoms with Crippen LogP contribution in [0.2, 0.25) is 0 Å². The van der Waals surface area contributed by atoms with Crippen molar-refractivity contribution in [1.82, 2.24) is 4.90 Å². The number of cyclic esters (lactones) is 1. The Morgan fingerprint density at radius 1 is 1.06 bits per heavy atom. The molecule has 35 heavy (non-hydrogen) atoms. The van der Waals surface area contributed by atoms with Crippen molar-refractivity contribution in [2.24, 2.45) is 4.99 Å². The largest absolute Gasteiger partial charge is 0.496 e. The van der Waals surface area contributed by atoms with E-state index in [1.54, 1.807) is 43.5 Å². The smallest absolute Gasteiger partial charge is 0.363 e. The number of amides is 1. The molecule has 1 saturated heterocycles. The summed E-state index contributed by atoms with van der Waals surface area (Å²) >= 11 is 0. The molecule has 2 atom stereocenters. The minimum atomic E-state index is -0.555. The van der Waals surface area contributed by atoms with Crippen LogP contribution in [0.15, 0.2) is 53.2 Å². The summed E-state index contributed by atoms with van der Waals surface area (Å²) in [6.07, 6.45) is 4.76. The molecule has 2 aliphatic heterocycles. The summed E-state index contributed by atoms with van der Waals surface area (Å²) in [5, 5.41) is 0. The molecule has 1 amide bonds. The molecule has 0 saturated carbocycles. The maximum absolute atomic E-state index is 12.8. The van der Waals surface area contributed by atoms with Gasteiger partial charge in [0, 0.05) is 12.1 Å². The number of aliphatic imine (C=N–C) groups is 1. The molecule has 184 valence electrons. The van der Waals surface area contributed by atoms with Crippen molar-refractivity contribution in [2.45, 2.75) is 45.2 Å². The number of ether oxygens (including phenoxy) is 4. The molecular weight excluding hydrogens is 448 g/mol. The molecule has 0 aromatic heterocycles. The van der Waals surface area contributed by atoms with E-state index in [9.17, 15) is 9.59 Å². The number of para-hydroxylation sites is 1. The lowest BCUT2D eigenvalue weighted by Gasteiger charge is -2.39. The van der Waals surface area contributed by atoms with Gasteiger partial charge in [0.2, 0.25) is 5.90 Å². The number of carbonyl (C=O) groups excluding carboxylic acids is 2. The van der Waals surface area contributed by atoms with Crippen molar-refractivity contribution in [3.05, 3.63) is 59.3 Å². The molecule has 2 heterocycles. The molecule has 2 aromatic rings.